The molecular formula is C20H22B2ClI6N8O2W2-3. The molecule has 0 fully saturated rings. The van der Waals surface area contributed by atoms with E-state index in [1.807, 2.05) is 19.9 Å². The zero-order valence-corrected chi connectivity index (χ0v) is 41.4. The summed E-state index contributed by atoms with van der Waals surface area (Å²) in [6.07, 6.45) is 0. The minimum absolute atomic E-state index is 0. The van der Waals surface area contributed by atoms with Crippen LogP contribution >= 0.6 is 110 Å². The van der Waals surface area contributed by atoms with Gasteiger partial charge in [-0.25, -0.2) is 0 Å². The number of hydrogen-bond acceptors (Lipinski definition) is 6. The molecular weight excluding hydrogens is 1570 g/mol. The van der Waals surface area contributed by atoms with Crippen molar-refractivity contribution in [2.24, 2.45) is 14.1 Å². The van der Waals surface area contributed by atoms with E-state index < -0.39 is 5.24 Å². The first kappa shape index (κ1) is 50.0. The SMILES string of the molecule is Cc1cc[c-]cc1C(=O)Cl.Cc1cc[c-]cc1C(=O)Nc1nbnn1C.Cn1nb[nH]c1=N.I.II.I[I-]I.[W].[W]. The number of carbonyl (C=O) groups excluding carboxylic acids is 2. The van der Waals surface area contributed by atoms with Crippen LogP contribution in [-0.2, 0) is 56.2 Å². The number of aromatic nitrogens is 6. The number of halogens is 7. The fraction of sp³-hybridized carbons (Fsp3) is 0.200. The molecule has 2 aromatic carbocycles. The molecule has 3 N–H and O–H groups in total. The number of carbonyl (C=O) groups is 2. The van der Waals surface area contributed by atoms with E-state index in [0.29, 0.717) is 35.9 Å². The summed E-state index contributed by atoms with van der Waals surface area (Å²) in [7, 11) is 6.29. The molecule has 0 atom stereocenters. The molecule has 41 heavy (non-hydrogen) atoms. The fourth-order valence-electron chi connectivity index (χ4n) is 2.38. The molecule has 10 nitrogen and oxygen atoms in total. The van der Waals surface area contributed by atoms with E-state index in [1.54, 1.807) is 44.4 Å². The third-order valence-corrected chi connectivity index (χ3v) is 4.52. The van der Waals surface area contributed by atoms with Crippen LogP contribution in [0, 0.1) is 31.4 Å². The first-order valence-corrected chi connectivity index (χ1v) is 29.3. The number of anilines is 1. The van der Waals surface area contributed by atoms with Crippen molar-refractivity contribution in [2.45, 2.75) is 13.8 Å². The molecule has 1 amide bonds. The van der Waals surface area contributed by atoms with Crippen LogP contribution in [0.2, 0.25) is 0 Å². The Balaban J connectivity index is -0.000000238. The zero-order chi connectivity index (χ0) is 29.1. The Bertz CT molecular complexity index is 1340. The average Bonchev–Trinajstić information content (AvgIpc) is 3.48. The van der Waals surface area contributed by atoms with E-state index in [1.165, 1.54) is 23.8 Å². The number of rotatable bonds is 3. The van der Waals surface area contributed by atoms with E-state index >= 15 is 0 Å². The van der Waals surface area contributed by atoms with Crippen molar-refractivity contribution in [1.82, 2.24) is 29.2 Å². The van der Waals surface area contributed by atoms with E-state index in [2.05, 4.69) is 112 Å². The largest absolute Gasteiger partial charge is 0 e. The molecule has 2 heterocycles. The summed E-state index contributed by atoms with van der Waals surface area (Å²) in [5.41, 5.74) is 3.23. The summed E-state index contributed by atoms with van der Waals surface area (Å²) >= 11 is 14.8. The monoisotopic (exact) mass is 1590 g/mol. The van der Waals surface area contributed by atoms with Gasteiger partial charge < -0.3 is 0 Å². The van der Waals surface area contributed by atoms with Gasteiger partial charge in [0.1, 0.15) is 0 Å². The third-order valence-electron chi connectivity index (χ3n) is 4.31. The van der Waals surface area contributed by atoms with Gasteiger partial charge in [-0.1, -0.05) is 24.1 Å². The standard InChI is InChI=1S/C10H10BN4O.C8H6ClO.C2H5BN4.I3.I2.HI.2W/c1-7-5-3-4-6-8(7)9(16)12-10-13-11-14-15(10)2;1-6-4-2-3-5-7(6)8(9)10;1-7-2(4)5-3-6-7;1-3-2;1-2;;;/h3,5-6H,1-2H3,(H,12,13,16);2,4-5H,1H3;1H3,(H2,4,5);;;1H;;/q2*-1;;-1;;;;. The first-order valence-electron chi connectivity index (χ1n) is 10.0. The average molecular weight is 1590 g/mol. The Labute approximate surface area is 344 Å². The number of nitrogens with zero attached hydrogens (tertiary/aromatic N) is 5. The number of H-pyrrole nitrogens is 1. The molecule has 0 aliphatic heterocycles. The maximum Gasteiger partial charge on any atom is 0 e. The molecule has 0 aliphatic rings. The predicted octanol–water partition coefficient (Wildman–Crippen LogP) is 2.41. The predicted molar refractivity (Wildman–Crippen MR) is 197 cm³/mol. The van der Waals surface area contributed by atoms with Crippen LogP contribution in [0.3, 0.4) is 0 Å². The molecule has 4 rings (SSSR count). The van der Waals surface area contributed by atoms with E-state index in [4.69, 9.17) is 17.0 Å². The summed E-state index contributed by atoms with van der Waals surface area (Å²) in [6, 6.07) is 16.1. The Hall–Kier alpha value is 2.10. The van der Waals surface area contributed by atoms with Gasteiger partial charge in [0.05, 0.1) is 0 Å². The maximum absolute atomic E-state index is 11.9. The molecule has 0 unspecified atom stereocenters. The maximum atomic E-state index is 11.9. The summed E-state index contributed by atoms with van der Waals surface area (Å²) < 4.78 is 2.94. The Kier molecular flexibility index (Phi) is 37.5. The summed E-state index contributed by atoms with van der Waals surface area (Å²) in [5.74, 6) is 0.221. The molecule has 0 radical (unpaired) electrons. The molecule has 0 aliphatic carbocycles. The van der Waals surface area contributed by atoms with Crippen molar-refractivity contribution in [3.8, 4) is 0 Å². The number of aromatic amines is 1. The smallest absolute Gasteiger partial charge is 0 e. The molecule has 0 bridgehead atoms. The molecule has 4 aromatic rings. The van der Waals surface area contributed by atoms with Gasteiger partial charge in [-0.2, -0.15) is 24.3 Å². The second kappa shape index (κ2) is 30.7. The molecule has 2 aromatic heterocycles. The second-order valence-electron chi connectivity index (χ2n) is 6.73. The molecule has 0 saturated heterocycles. The third kappa shape index (κ3) is 21.5. The number of benzene rings is 2. The van der Waals surface area contributed by atoms with E-state index in [9.17, 15) is 9.59 Å². The number of aryl methyl sites for hydroxylation is 4. The van der Waals surface area contributed by atoms with Gasteiger partial charge in [-0.15, -0.1) is 29.5 Å². The van der Waals surface area contributed by atoms with Crippen molar-refractivity contribution in [3.63, 3.8) is 0 Å². The Morgan fingerprint density at radius 3 is 1.80 bits per heavy atom. The molecule has 0 saturated carbocycles. The summed E-state index contributed by atoms with van der Waals surface area (Å²) in [4.78, 5) is 29.0. The van der Waals surface area contributed by atoms with E-state index in [-0.39, 0.29) is 72.0 Å². The van der Waals surface area contributed by atoms with Crippen molar-refractivity contribution in [3.05, 3.63) is 76.4 Å². The van der Waals surface area contributed by atoms with Crippen LogP contribution in [0.15, 0.2) is 36.4 Å². The van der Waals surface area contributed by atoms with Crippen LogP contribution in [0.25, 0.3) is 0 Å². The van der Waals surface area contributed by atoms with Crippen LogP contribution in [0.4, 0.5) is 5.95 Å². The van der Waals surface area contributed by atoms with Gasteiger partial charge in [0.15, 0.2) is 5.24 Å². The Morgan fingerprint density at radius 2 is 1.51 bits per heavy atom. The normalized spacial score (nSPS) is 8.32. The number of amides is 1. The van der Waals surface area contributed by atoms with Crippen molar-refractivity contribution in [2.75, 3.05) is 5.32 Å². The summed E-state index contributed by atoms with van der Waals surface area (Å²) in [6.45, 7) is 3.71. The minimum atomic E-state index is -0.422. The van der Waals surface area contributed by atoms with Crippen molar-refractivity contribution in [1.29, 1.82) is 5.41 Å². The van der Waals surface area contributed by atoms with Crippen LogP contribution in [0.1, 0.15) is 31.8 Å². The first-order chi connectivity index (χ1) is 18.1. The number of hydrogen-bond donors (Lipinski definition) is 3. The molecule has 224 valence electrons. The van der Waals surface area contributed by atoms with Gasteiger partial charge in [0.2, 0.25) is 0 Å². The minimum Gasteiger partial charge on any atom is 0 e. The van der Waals surface area contributed by atoms with Crippen molar-refractivity contribution < 1.29 is 65.0 Å². The van der Waals surface area contributed by atoms with Crippen molar-refractivity contribution >= 4 is 142 Å². The van der Waals surface area contributed by atoms with Crippen LogP contribution in [0.5, 0.6) is 0 Å². The Morgan fingerprint density at radius 1 is 1.02 bits per heavy atom. The van der Waals surface area contributed by atoms with Gasteiger partial charge in [-0.3, -0.25) is 4.79 Å². The molecule has 0 spiro atoms. The second-order valence-corrected chi connectivity index (χ2v) is 23.3. The topological polar surface area (TPSA) is 134 Å². The van der Waals surface area contributed by atoms with Gasteiger partial charge >= 0.3 is 183 Å². The quantitative estimate of drug-likeness (QED) is 0.165. The zero-order valence-electron chi connectivity index (χ0n) is 21.7. The van der Waals surface area contributed by atoms with Crippen LogP contribution in [-0.4, -0.2) is 54.7 Å². The van der Waals surface area contributed by atoms with Gasteiger partial charge in [0.25, 0.3) is 0 Å². The molecule has 21 heteroatoms. The number of nitrogens with one attached hydrogen (secondary N) is 3. The van der Waals surface area contributed by atoms with Gasteiger partial charge in [-0.05, 0) is 0 Å². The summed E-state index contributed by atoms with van der Waals surface area (Å²) in [5, 5.41) is 16.8. The van der Waals surface area contributed by atoms with E-state index in [0.717, 1.165) is 11.1 Å². The fourth-order valence-corrected chi connectivity index (χ4v) is 2.58. The van der Waals surface area contributed by atoms with Crippen LogP contribution < -0.4 is 24.2 Å². The van der Waals surface area contributed by atoms with Gasteiger partial charge in [0, 0.05) is 79.4 Å².